The molecule has 10 aliphatic rings. The fraction of sp³-hybridized carbons (Fsp3) is 0.790. The Bertz CT molecular complexity index is 2390. The number of carbonyl (C=O) groups is 4. The molecule has 7 nitrogen and oxygen atoms in total. The van der Waals surface area contributed by atoms with Crippen LogP contribution in [0, 0.1) is 108 Å². The van der Waals surface area contributed by atoms with Crippen LogP contribution in [0.1, 0.15) is 193 Å². The number of nitrogens with zero attached hydrogens (tertiary/aromatic N) is 1. The van der Waals surface area contributed by atoms with Crippen LogP contribution in [0.2, 0.25) is 0 Å². The van der Waals surface area contributed by atoms with E-state index in [9.17, 15) is 19.2 Å². The number of rotatable bonds is 2. The molecule has 0 N–H and O–H groups in total. The zero-order valence-corrected chi connectivity index (χ0v) is 45.6. The molecule has 10 aliphatic carbocycles. The third-order valence-electron chi connectivity index (χ3n) is 24.9. The number of carbonyl (C=O) groups excluding carboxylic acids is 4. The summed E-state index contributed by atoms with van der Waals surface area (Å²) in [6.45, 7) is 38.6. The molecular weight excluding hydrogens is 855 g/mol. The van der Waals surface area contributed by atoms with Crippen LogP contribution in [0.3, 0.4) is 0 Å². The number of methoxy groups -OCH3 is 2. The molecule has 10 rings (SSSR count). The van der Waals surface area contributed by atoms with Gasteiger partial charge in [0.05, 0.1) is 31.6 Å². The van der Waals surface area contributed by atoms with E-state index in [1.54, 1.807) is 18.8 Å². The molecule has 6 saturated carbocycles. The number of hydrogen-bond donors (Lipinski definition) is 0. The summed E-state index contributed by atoms with van der Waals surface area (Å²) in [5, 5.41) is 0. The van der Waals surface area contributed by atoms with E-state index in [4.69, 9.17) is 16.0 Å². The van der Waals surface area contributed by atoms with Gasteiger partial charge in [0, 0.05) is 17.3 Å². The molecule has 7 heteroatoms. The van der Waals surface area contributed by atoms with Crippen molar-refractivity contribution >= 4 is 23.5 Å². The molecule has 0 amide bonds. The molecule has 0 aliphatic heterocycles. The summed E-state index contributed by atoms with van der Waals surface area (Å²) >= 11 is 0. The SMILES string of the molecule is COC(=O)[C@]12CCC(C)(C)C[C@H]1[C@H]1C(=O)C=C3[C@@]4(C)C=CC(=O)[C@@H](C)[C@@H]4CC[C@@]3(C)[C@]1(C)CC2.[C-]#[N+]C1=C(C)[C@@H](C)[C@@H]2CC[C@]3(C)[C@H](CC=C4[C@@H]5CC(C)(C)CC[C@]5(C(=O)OC)CC[C@]43C)[C@@]2(C)C1. The van der Waals surface area contributed by atoms with Gasteiger partial charge in [0.25, 0.3) is 0 Å². The molecule has 16 atom stereocenters. The number of fused-ring (bicyclic) bond motifs is 14. The van der Waals surface area contributed by atoms with Crippen LogP contribution < -0.4 is 0 Å². The van der Waals surface area contributed by atoms with Gasteiger partial charge in [-0.05, 0) is 188 Å². The average molecular weight is 944 g/mol. The zero-order chi connectivity index (χ0) is 50.5. The van der Waals surface area contributed by atoms with Crippen molar-refractivity contribution < 1.29 is 28.7 Å². The van der Waals surface area contributed by atoms with Crippen molar-refractivity contribution in [3.05, 3.63) is 58.1 Å². The van der Waals surface area contributed by atoms with E-state index in [2.05, 4.69) is 107 Å². The van der Waals surface area contributed by atoms with Crippen LogP contribution >= 0.6 is 0 Å². The first-order valence-corrected chi connectivity index (χ1v) is 27.5. The second kappa shape index (κ2) is 16.1. The number of esters is 2. The van der Waals surface area contributed by atoms with Gasteiger partial charge >= 0.3 is 11.9 Å². The monoisotopic (exact) mass is 944 g/mol. The van der Waals surface area contributed by atoms with Gasteiger partial charge < -0.3 is 9.47 Å². The molecule has 0 aromatic heterocycles. The highest BCUT2D eigenvalue weighted by Crippen LogP contribution is 2.77. The van der Waals surface area contributed by atoms with Gasteiger partial charge in [-0.15, -0.1) is 0 Å². The van der Waals surface area contributed by atoms with Gasteiger partial charge in [-0.2, -0.15) is 0 Å². The van der Waals surface area contributed by atoms with E-state index in [-0.39, 0.29) is 95.9 Å². The molecule has 69 heavy (non-hydrogen) atoms. The summed E-state index contributed by atoms with van der Waals surface area (Å²) < 4.78 is 10.9. The van der Waals surface area contributed by atoms with Crippen LogP contribution in [0.4, 0.5) is 0 Å². The van der Waals surface area contributed by atoms with Gasteiger partial charge in [0.2, 0.25) is 0 Å². The van der Waals surface area contributed by atoms with E-state index in [0.717, 1.165) is 95.6 Å². The lowest BCUT2D eigenvalue weighted by Crippen LogP contribution is -2.65. The molecule has 0 bridgehead atoms. The molecule has 0 unspecified atom stereocenters. The van der Waals surface area contributed by atoms with E-state index in [1.807, 2.05) is 6.08 Å². The highest BCUT2D eigenvalue weighted by molar-refractivity contribution is 5.97. The van der Waals surface area contributed by atoms with Crippen molar-refractivity contribution in [2.45, 2.75) is 193 Å². The first-order valence-electron chi connectivity index (χ1n) is 27.5. The number of ether oxygens (including phenoxy) is 2. The summed E-state index contributed by atoms with van der Waals surface area (Å²) in [6, 6.07) is 0. The minimum Gasteiger partial charge on any atom is -0.469 e. The minimum absolute atomic E-state index is 0.0116. The molecule has 378 valence electrons. The summed E-state index contributed by atoms with van der Waals surface area (Å²) in [4.78, 5) is 57.4. The summed E-state index contributed by atoms with van der Waals surface area (Å²) in [6.07, 6.45) is 24.5. The van der Waals surface area contributed by atoms with Crippen molar-refractivity contribution in [1.82, 2.24) is 0 Å². The average Bonchev–Trinajstić information content (AvgIpc) is 3.29. The maximum absolute atomic E-state index is 14.2. The summed E-state index contributed by atoms with van der Waals surface area (Å²) in [7, 11) is 3.09. The van der Waals surface area contributed by atoms with Crippen molar-refractivity contribution in [3.63, 3.8) is 0 Å². The Morgan fingerprint density at radius 3 is 1.91 bits per heavy atom. The Morgan fingerprint density at radius 2 is 1.26 bits per heavy atom. The Kier molecular flexibility index (Phi) is 11.8. The lowest BCUT2D eigenvalue weighted by Gasteiger charge is -2.70. The smallest absolute Gasteiger partial charge is 0.312 e. The fourth-order valence-electron chi connectivity index (χ4n) is 20.0. The van der Waals surface area contributed by atoms with E-state index < -0.39 is 5.41 Å². The molecular formula is C62H89NO6. The fourth-order valence-corrected chi connectivity index (χ4v) is 20.0. The third-order valence-corrected chi connectivity index (χ3v) is 24.9. The summed E-state index contributed by atoms with van der Waals surface area (Å²) in [5.41, 5.74) is 4.53. The zero-order valence-electron chi connectivity index (χ0n) is 45.6. The molecule has 6 fully saturated rings. The largest absolute Gasteiger partial charge is 0.469 e. The Labute approximate surface area is 417 Å². The highest BCUT2D eigenvalue weighted by Gasteiger charge is 2.71. The van der Waals surface area contributed by atoms with Crippen molar-refractivity contribution in [2.24, 2.45) is 101 Å². The first kappa shape index (κ1) is 50.7. The quantitative estimate of drug-likeness (QED) is 0.156. The summed E-state index contributed by atoms with van der Waals surface area (Å²) in [5.74, 6) is 2.44. The topological polar surface area (TPSA) is 91.1 Å². The Balaban J connectivity index is 0.000000172. The molecule has 0 saturated heterocycles. The number of hydrogen-bond acceptors (Lipinski definition) is 6. The molecule has 0 aromatic carbocycles. The van der Waals surface area contributed by atoms with Crippen LogP contribution in [-0.2, 0) is 28.7 Å². The second-order valence-electron chi connectivity index (χ2n) is 28.4. The van der Waals surface area contributed by atoms with Crippen molar-refractivity contribution in [3.8, 4) is 0 Å². The highest BCUT2D eigenvalue weighted by atomic mass is 16.5. The molecule has 0 heterocycles. The van der Waals surface area contributed by atoms with Crippen LogP contribution in [0.15, 0.2) is 46.7 Å². The normalized spacial score (nSPS) is 48.8. The van der Waals surface area contributed by atoms with Crippen molar-refractivity contribution in [1.29, 1.82) is 0 Å². The van der Waals surface area contributed by atoms with Gasteiger partial charge in [-0.1, -0.05) is 119 Å². The van der Waals surface area contributed by atoms with E-state index in [1.165, 1.54) is 31.1 Å². The van der Waals surface area contributed by atoms with Crippen LogP contribution in [0.25, 0.3) is 4.85 Å². The lowest BCUT2D eigenvalue weighted by atomic mass is 9.34. The number of ketones is 2. The van der Waals surface area contributed by atoms with Crippen LogP contribution in [0.5, 0.6) is 0 Å². The number of allylic oxidation sites excluding steroid dienone is 8. The molecule has 0 radical (unpaired) electrons. The Hall–Kier alpha value is -3.27. The van der Waals surface area contributed by atoms with Gasteiger partial charge in [0.1, 0.15) is 0 Å². The van der Waals surface area contributed by atoms with E-state index >= 15 is 0 Å². The minimum atomic E-state index is -0.543. The third kappa shape index (κ3) is 6.72. The van der Waals surface area contributed by atoms with Gasteiger partial charge in [-0.25, -0.2) is 4.85 Å². The maximum Gasteiger partial charge on any atom is 0.312 e. The van der Waals surface area contributed by atoms with Crippen LogP contribution in [-0.4, -0.2) is 37.7 Å². The predicted octanol–water partition coefficient (Wildman–Crippen LogP) is 14.5. The standard InChI is InChI=1S/C32H47NO2.C30H42O4/c1-20-21(2)25(33-8)19-29(5)22(20)12-13-31(7)26(29)11-10-23-24-18-28(3,4)14-16-32(24,27(34)35-9)17-15-30(23,31)6;1-18-19-8-11-28(5)23(27(19,4)10-9-21(18)31)16-22(32)24-20-17-26(2,3)12-14-30(20,25(33)34-7)15-13-29(24,28)6/h10,20,22,24,26H,11-19H2,1-7,9H3;9-10,16,18-20,24H,8,11-15,17H2,1-7H3/t20-,22+,24+,26-,29+,30-,31-,32+;18-,19-,20-,24-,27-,28+,29+,30-/m10/s1. The van der Waals surface area contributed by atoms with Gasteiger partial charge in [0.15, 0.2) is 17.3 Å². The predicted molar refractivity (Wildman–Crippen MR) is 273 cm³/mol. The van der Waals surface area contributed by atoms with Crippen molar-refractivity contribution in [2.75, 3.05) is 14.2 Å². The maximum atomic E-state index is 14.2. The molecule has 0 aromatic rings. The van der Waals surface area contributed by atoms with Gasteiger partial charge in [-0.3, -0.25) is 19.2 Å². The van der Waals surface area contributed by atoms with E-state index in [0.29, 0.717) is 23.7 Å². The second-order valence-corrected chi connectivity index (χ2v) is 28.4. The lowest BCUT2D eigenvalue weighted by molar-refractivity contribution is -0.190. The molecule has 0 spiro atoms. The first-order chi connectivity index (χ1) is 32.1. The Morgan fingerprint density at radius 1 is 0.667 bits per heavy atom.